The molecule has 1 aromatic rings. The summed E-state index contributed by atoms with van der Waals surface area (Å²) in [5.74, 6) is 0.863. The minimum absolute atomic E-state index is 0.863. The zero-order chi connectivity index (χ0) is 17.6. The van der Waals surface area contributed by atoms with E-state index in [2.05, 4.69) is 17.3 Å². The maximum atomic E-state index is 8.68. The van der Waals surface area contributed by atoms with E-state index in [0.717, 1.165) is 29.7 Å². The van der Waals surface area contributed by atoms with Gasteiger partial charge < -0.3 is 15.4 Å². The number of ether oxygens (including phenoxy) is 1. The highest BCUT2D eigenvalue weighted by Crippen LogP contribution is 2.25. The normalized spacial score (nSPS) is 14.9. The summed E-state index contributed by atoms with van der Waals surface area (Å²) in [6.07, 6.45) is 14.9. The van der Waals surface area contributed by atoms with E-state index in [1.165, 1.54) is 24.6 Å². The van der Waals surface area contributed by atoms with Crippen LogP contribution >= 0.6 is 0 Å². The lowest BCUT2D eigenvalue weighted by Crippen LogP contribution is -1.99. The van der Waals surface area contributed by atoms with E-state index in [4.69, 9.17) is 15.4 Å². The molecule has 1 aliphatic carbocycles. The Morgan fingerprint density at radius 2 is 1.75 bits per heavy atom. The maximum absolute atomic E-state index is 8.68. The fourth-order valence-electron chi connectivity index (χ4n) is 2.37. The summed E-state index contributed by atoms with van der Waals surface area (Å²) >= 11 is 0. The van der Waals surface area contributed by atoms with Crippen molar-refractivity contribution in [3.63, 3.8) is 0 Å². The molecular formula is C20H26N2O2. The molecule has 0 amide bonds. The Morgan fingerprint density at radius 3 is 2.25 bits per heavy atom. The molecule has 24 heavy (non-hydrogen) atoms. The highest BCUT2D eigenvalue weighted by atomic mass is 16.5. The quantitative estimate of drug-likeness (QED) is 0.441. The van der Waals surface area contributed by atoms with Gasteiger partial charge in [0.25, 0.3) is 0 Å². The van der Waals surface area contributed by atoms with Gasteiger partial charge in [0.2, 0.25) is 0 Å². The van der Waals surface area contributed by atoms with Gasteiger partial charge in [0.1, 0.15) is 5.75 Å². The zero-order valence-electron chi connectivity index (χ0n) is 14.4. The molecule has 4 nitrogen and oxygen atoms in total. The van der Waals surface area contributed by atoms with Crippen LogP contribution in [0.1, 0.15) is 38.2 Å². The third kappa shape index (κ3) is 7.09. The molecule has 0 heterocycles. The van der Waals surface area contributed by atoms with Crippen molar-refractivity contribution in [3.05, 3.63) is 59.2 Å². The van der Waals surface area contributed by atoms with Gasteiger partial charge in [-0.2, -0.15) is 0 Å². The van der Waals surface area contributed by atoms with Crippen LogP contribution in [0, 0.1) is 5.41 Å². The standard InChI is InChI=1S/C16H19NO2.C4H7N/c1-19-16-10-7-13(8-11-16)6-9-14-4-2-3-5-15(14)12-17-18;1-2-3-4-5/h6-12,18H,2-5H2,1H3;2-5H,1H3/b9-6+,17-12+;3-2-,5-4?. The summed E-state index contributed by atoms with van der Waals surface area (Å²) in [6.45, 7) is 1.88. The summed E-state index contributed by atoms with van der Waals surface area (Å²) in [5.41, 5.74) is 3.54. The number of rotatable bonds is 5. The predicted octanol–water partition coefficient (Wildman–Crippen LogP) is 5.25. The molecule has 2 rings (SSSR count). The van der Waals surface area contributed by atoms with E-state index in [1.807, 2.05) is 37.3 Å². The van der Waals surface area contributed by atoms with Crippen LogP contribution in [-0.2, 0) is 0 Å². The number of benzene rings is 1. The Labute approximate surface area is 144 Å². The molecule has 0 spiro atoms. The van der Waals surface area contributed by atoms with Gasteiger partial charge in [0.15, 0.2) is 0 Å². The monoisotopic (exact) mass is 326 g/mol. The first-order valence-electron chi connectivity index (χ1n) is 8.08. The molecule has 1 aliphatic rings. The Hall–Kier alpha value is -2.62. The van der Waals surface area contributed by atoms with Crippen LogP contribution in [0.25, 0.3) is 6.08 Å². The molecule has 2 N–H and O–H groups in total. The van der Waals surface area contributed by atoms with Crippen molar-refractivity contribution in [3.8, 4) is 5.75 Å². The molecule has 0 fully saturated rings. The number of methoxy groups -OCH3 is 1. The zero-order valence-corrected chi connectivity index (χ0v) is 14.4. The largest absolute Gasteiger partial charge is 0.497 e. The first-order chi connectivity index (χ1) is 11.7. The van der Waals surface area contributed by atoms with Crippen molar-refractivity contribution in [2.24, 2.45) is 5.16 Å². The van der Waals surface area contributed by atoms with Crippen LogP contribution in [0.2, 0.25) is 0 Å². The van der Waals surface area contributed by atoms with Crippen LogP contribution in [0.3, 0.4) is 0 Å². The Kier molecular flexibility index (Phi) is 9.62. The van der Waals surface area contributed by atoms with Crippen molar-refractivity contribution in [2.75, 3.05) is 7.11 Å². The summed E-state index contributed by atoms with van der Waals surface area (Å²) < 4.78 is 5.13. The first-order valence-corrected chi connectivity index (χ1v) is 8.08. The maximum Gasteiger partial charge on any atom is 0.118 e. The third-order valence-electron chi connectivity index (χ3n) is 3.65. The summed E-state index contributed by atoms with van der Waals surface area (Å²) in [5, 5.41) is 18.2. The molecule has 0 saturated carbocycles. The van der Waals surface area contributed by atoms with Gasteiger partial charge >= 0.3 is 0 Å². The van der Waals surface area contributed by atoms with E-state index < -0.39 is 0 Å². The second-order valence-corrected chi connectivity index (χ2v) is 5.30. The first kappa shape index (κ1) is 19.4. The van der Waals surface area contributed by atoms with Crippen molar-refractivity contribution < 1.29 is 9.94 Å². The number of hydrogen-bond acceptors (Lipinski definition) is 4. The fourth-order valence-corrected chi connectivity index (χ4v) is 2.37. The molecule has 0 bridgehead atoms. The van der Waals surface area contributed by atoms with E-state index >= 15 is 0 Å². The Bertz CT molecular complexity index is 611. The summed E-state index contributed by atoms with van der Waals surface area (Å²) in [6, 6.07) is 7.95. The van der Waals surface area contributed by atoms with Crippen LogP contribution in [0.15, 0.2) is 58.8 Å². The van der Waals surface area contributed by atoms with Gasteiger partial charge in [0.05, 0.1) is 13.3 Å². The molecule has 128 valence electrons. The summed E-state index contributed by atoms with van der Waals surface area (Å²) in [7, 11) is 1.66. The van der Waals surface area contributed by atoms with Crippen LogP contribution in [0.4, 0.5) is 0 Å². The number of nitrogens with one attached hydrogen (secondary N) is 1. The van der Waals surface area contributed by atoms with E-state index in [1.54, 1.807) is 19.4 Å². The van der Waals surface area contributed by atoms with Crippen molar-refractivity contribution in [1.82, 2.24) is 0 Å². The number of hydrogen-bond donors (Lipinski definition) is 2. The molecule has 4 heteroatoms. The molecular weight excluding hydrogens is 300 g/mol. The van der Waals surface area contributed by atoms with Gasteiger partial charge in [-0.25, -0.2) is 0 Å². The highest BCUT2D eigenvalue weighted by Gasteiger charge is 2.08. The van der Waals surface area contributed by atoms with Gasteiger partial charge in [-0.15, -0.1) is 0 Å². The molecule has 1 aromatic carbocycles. The molecule has 0 atom stereocenters. The highest BCUT2D eigenvalue weighted by molar-refractivity contribution is 5.80. The predicted molar refractivity (Wildman–Crippen MR) is 101 cm³/mol. The molecule has 0 aromatic heterocycles. The average molecular weight is 326 g/mol. The molecule has 0 saturated heterocycles. The number of nitrogens with zero attached hydrogens (tertiary/aromatic N) is 1. The number of oxime groups is 1. The van der Waals surface area contributed by atoms with E-state index in [9.17, 15) is 0 Å². The van der Waals surface area contributed by atoms with Gasteiger partial charge in [-0.3, -0.25) is 0 Å². The number of allylic oxidation sites excluding steroid dienone is 5. The van der Waals surface area contributed by atoms with Crippen LogP contribution in [-0.4, -0.2) is 24.7 Å². The fraction of sp³-hybridized carbons (Fsp3) is 0.300. The molecule has 0 unspecified atom stereocenters. The van der Waals surface area contributed by atoms with Gasteiger partial charge in [0, 0.05) is 6.21 Å². The van der Waals surface area contributed by atoms with E-state index in [0.29, 0.717) is 0 Å². The van der Waals surface area contributed by atoms with Crippen LogP contribution < -0.4 is 4.74 Å². The average Bonchev–Trinajstić information content (AvgIpc) is 2.63. The lowest BCUT2D eigenvalue weighted by molar-refractivity contribution is 0.321. The Morgan fingerprint density at radius 1 is 1.08 bits per heavy atom. The SMILES string of the molecule is C/C=C\C=N.COc1ccc(/C=C/C2=C(/C=N/O)CCCC2)cc1. The van der Waals surface area contributed by atoms with Crippen LogP contribution in [0.5, 0.6) is 5.75 Å². The Balaban J connectivity index is 0.000000505. The minimum Gasteiger partial charge on any atom is -0.497 e. The lowest BCUT2D eigenvalue weighted by Gasteiger charge is -2.14. The minimum atomic E-state index is 0.863. The lowest BCUT2D eigenvalue weighted by atomic mass is 9.92. The summed E-state index contributed by atoms with van der Waals surface area (Å²) in [4.78, 5) is 0. The smallest absolute Gasteiger partial charge is 0.118 e. The van der Waals surface area contributed by atoms with Crippen molar-refractivity contribution >= 4 is 18.5 Å². The van der Waals surface area contributed by atoms with Crippen molar-refractivity contribution in [1.29, 1.82) is 5.41 Å². The topological polar surface area (TPSA) is 65.7 Å². The second-order valence-electron chi connectivity index (χ2n) is 5.30. The van der Waals surface area contributed by atoms with E-state index in [-0.39, 0.29) is 0 Å². The molecule has 0 radical (unpaired) electrons. The third-order valence-corrected chi connectivity index (χ3v) is 3.65. The van der Waals surface area contributed by atoms with Crippen molar-refractivity contribution in [2.45, 2.75) is 32.6 Å². The second kappa shape index (κ2) is 11.9. The molecule has 0 aliphatic heterocycles. The van der Waals surface area contributed by atoms with Gasteiger partial charge in [-0.1, -0.05) is 35.5 Å². The van der Waals surface area contributed by atoms with Gasteiger partial charge in [-0.05, 0) is 67.5 Å².